The average Bonchev–Trinajstić information content (AvgIpc) is 2.49. The highest BCUT2D eigenvalue weighted by atomic mass is 31.1. The molecule has 0 aromatic carbocycles. The van der Waals surface area contributed by atoms with Gasteiger partial charge in [-0.25, -0.2) is 4.79 Å². The number of carbonyl (C=O) groups excluding carboxylic acids is 2. The SMILES string of the molecule is [B]OC(=O)[C@H](CC[P+](=O)O)NC(=O)OCC1=CCCC=C1. The van der Waals surface area contributed by atoms with Crippen molar-refractivity contribution in [2.75, 3.05) is 12.8 Å². The van der Waals surface area contributed by atoms with E-state index >= 15 is 0 Å². The Balaban J connectivity index is 2.43. The molecule has 0 saturated carbocycles. The number of amides is 1. The molecule has 7 nitrogen and oxygen atoms in total. The Morgan fingerprint density at radius 2 is 2.24 bits per heavy atom. The molecule has 1 rings (SSSR count). The maximum absolute atomic E-state index is 11.6. The number of ether oxygens (including phenoxy) is 1. The molecule has 1 aliphatic carbocycles. The van der Waals surface area contributed by atoms with Gasteiger partial charge in [0, 0.05) is 6.42 Å². The molecule has 2 radical (unpaired) electrons. The van der Waals surface area contributed by atoms with Crippen LogP contribution in [0, 0.1) is 0 Å². The highest BCUT2D eigenvalue weighted by Gasteiger charge is 2.25. The van der Waals surface area contributed by atoms with Gasteiger partial charge in [0.1, 0.15) is 12.6 Å². The summed E-state index contributed by atoms with van der Waals surface area (Å²) in [6, 6.07) is -1.12. The Kier molecular flexibility index (Phi) is 7.71. The molecule has 0 heterocycles. The Hall–Kier alpha value is -1.66. The van der Waals surface area contributed by atoms with E-state index in [0.29, 0.717) is 0 Å². The maximum atomic E-state index is 11.6. The zero-order chi connectivity index (χ0) is 15.7. The first-order valence-corrected chi connectivity index (χ1v) is 7.75. The minimum Gasteiger partial charge on any atom is -0.542 e. The predicted molar refractivity (Wildman–Crippen MR) is 75.9 cm³/mol. The Morgan fingerprint density at radius 1 is 1.48 bits per heavy atom. The fourth-order valence-electron chi connectivity index (χ4n) is 1.68. The minimum absolute atomic E-state index is 0.0700. The lowest BCUT2D eigenvalue weighted by atomic mass is 10.1. The molecule has 0 spiro atoms. The molecular formula is C12H16BNO6P+. The molecule has 1 amide bonds. The lowest BCUT2D eigenvalue weighted by Crippen LogP contribution is -2.42. The number of carbonyl (C=O) groups is 2. The summed E-state index contributed by atoms with van der Waals surface area (Å²) in [6.45, 7) is 0.0843. The van der Waals surface area contributed by atoms with Gasteiger partial charge in [-0.3, -0.25) is 4.79 Å². The van der Waals surface area contributed by atoms with Crippen LogP contribution in [0.5, 0.6) is 0 Å². The van der Waals surface area contributed by atoms with Gasteiger partial charge < -0.3 is 14.7 Å². The molecule has 0 saturated heterocycles. The first-order chi connectivity index (χ1) is 10.0. The molecule has 0 bridgehead atoms. The van der Waals surface area contributed by atoms with E-state index in [2.05, 4.69) is 9.97 Å². The second-order valence-electron chi connectivity index (χ2n) is 4.33. The van der Waals surface area contributed by atoms with E-state index in [-0.39, 0.29) is 19.2 Å². The van der Waals surface area contributed by atoms with Crippen LogP contribution in [-0.2, 0) is 18.8 Å². The van der Waals surface area contributed by atoms with Crippen molar-refractivity contribution in [3.63, 3.8) is 0 Å². The largest absolute Gasteiger partial charge is 0.542 e. The van der Waals surface area contributed by atoms with Crippen molar-refractivity contribution in [1.82, 2.24) is 5.32 Å². The second kappa shape index (κ2) is 9.31. The highest BCUT2D eigenvalue weighted by molar-refractivity contribution is 7.37. The molecule has 21 heavy (non-hydrogen) atoms. The van der Waals surface area contributed by atoms with Crippen LogP contribution in [-0.4, -0.2) is 43.8 Å². The van der Waals surface area contributed by atoms with Crippen LogP contribution >= 0.6 is 8.03 Å². The fraction of sp³-hybridized carbons (Fsp3) is 0.500. The van der Waals surface area contributed by atoms with E-state index in [1.165, 1.54) is 0 Å². The van der Waals surface area contributed by atoms with E-state index in [1.807, 2.05) is 18.2 Å². The van der Waals surface area contributed by atoms with Crippen molar-refractivity contribution >= 4 is 28.1 Å². The molecule has 112 valence electrons. The van der Waals surface area contributed by atoms with Gasteiger partial charge in [-0.1, -0.05) is 18.2 Å². The number of alkyl carbamates (subject to hydrolysis) is 1. The van der Waals surface area contributed by atoms with Crippen LogP contribution in [0.1, 0.15) is 19.3 Å². The molecule has 0 fully saturated rings. The van der Waals surface area contributed by atoms with Crippen molar-refractivity contribution in [3.05, 3.63) is 23.8 Å². The summed E-state index contributed by atoms with van der Waals surface area (Å²) in [6.07, 6.45) is 6.58. The summed E-state index contributed by atoms with van der Waals surface area (Å²) < 4.78 is 19.6. The summed E-state index contributed by atoms with van der Waals surface area (Å²) in [4.78, 5) is 31.7. The van der Waals surface area contributed by atoms with Gasteiger partial charge in [-0.2, -0.15) is 4.89 Å². The number of hydrogen-bond donors (Lipinski definition) is 2. The highest BCUT2D eigenvalue weighted by Crippen LogP contribution is 2.15. The molecule has 2 atom stereocenters. The lowest BCUT2D eigenvalue weighted by molar-refractivity contribution is -0.136. The van der Waals surface area contributed by atoms with Crippen molar-refractivity contribution < 1.29 is 28.4 Å². The van der Waals surface area contributed by atoms with Crippen LogP contribution in [0.25, 0.3) is 0 Å². The van der Waals surface area contributed by atoms with Gasteiger partial charge in [0.05, 0.1) is 0 Å². The predicted octanol–water partition coefficient (Wildman–Crippen LogP) is 1.11. The number of rotatable bonds is 7. The van der Waals surface area contributed by atoms with Crippen molar-refractivity contribution in [2.45, 2.75) is 25.3 Å². The van der Waals surface area contributed by atoms with E-state index in [1.54, 1.807) is 0 Å². The third kappa shape index (κ3) is 7.06. The molecular weight excluding hydrogens is 296 g/mol. The molecule has 0 aromatic rings. The van der Waals surface area contributed by atoms with Gasteiger partial charge in [-0.05, 0) is 23.0 Å². The van der Waals surface area contributed by atoms with Crippen molar-refractivity contribution in [1.29, 1.82) is 0 Å². The fourth-order valence-corrected chi connectivity index (χ4v) is 2.16. The molecule has 2 N–H and O–H groups in total. The second-order valence-corrected chi connectivity index (χ2v) is 5.48. The van der Waals surface area contributed by atoms with Crippen LogP contribution in [0.3, 0.4) is 0 Å². The Bertz CT molecular complexity index is 465. The zero-order valence-corrected chi connectivity index (χ0v) is 12.3. The number of nitrogens with one attached hydrogen (secondary N) is 1. The summed E-state index contributed by atoms with van der Waals surface area (Å²) in [5, 5.41) is 2.26. The number of allylic oxidation sites excluding steroid dienone is 2. The third-order valence-electron chi connectivity index (χ3n) is 2.74. The summed E-state index contributed by atoms with van der Waals surface area (Å²) in [7, 11) is 2.34. The normalized spacial score (nSPS) is 15.7. The van der Waals surface area contributed by atoms with Crippen LogP contribution in [0.2, 0.25) is 0 Å². The summed E-state index contributed by atoms with van der Waals surface area (Å²) in [5.41, 5.74) is 0.868. The molecule has 0 aromatic heterocycles. The maximum Gasteiger partial charge on any atom is 0.505 e. The van der Waals surface area contributed by atoms with Crippen molar-refractivity contribution in [3.8, 4) is 0 Å². The van der Waals surface area contributed by atoms with Gasteiger partial charge in [0.25, 0.3) is 0 Å². The van der Waals surface area contributed by atoms with Gasteiger partial charge in [0.2, 0.25) is 0 Å². The van der Waals surface area contributed by atoms with E-state index < -0.39 is 26.1 Å². The monoisotopic (exact) mass is 312 g/mol. The molecule has 9 heteroatoms. The Labute approximate surface area is 124 Å². The third-order valence-corrected chi connectivity index (χ3v) is 3.38. The van der Waals surface area contributed by atoms with Gasteiger partial charge >= 0.3 is 28.1 Å². The first-order valence-electron chi connectivity index (χ1n) is 6.36. The van der Waals surface area contributed by atoms with E-state index in [0.717, 1.165) is 18.4 Å². The molecule has 1 unspecified atom stereocenters. The summed E-state index contributed by atoms with van der Waals surface area (Å²) in [5.74, 6) is -0.902. The quantitative estimate of drug-likeness (QED) is 0.539. The standard InChI is InChI=1S/C12H15BNO6P/c13-20-11(15)10(6-7-21(17)18)14-12(16)19-8-9-4-2-1-3-5-9/h2,4-5,10H,1,3,6-8H2,(H-,14,16,17,18)/p+1/t10-/m0/s1. The van der Waals surface area contributed by atoms with Crippen LogP contribution < -0.4 is 5.32 Å². The zero-order valence-electron chi connectivity index (χ0n) is 11.4. The lowest BCUT2D eigenvalue weighted by Gasteiger charge is -2.15. The van der Waals surface area contributed by atoms with Gasteiger partial charge in [-0.15, -0.1) is 0 Å². The smallest absolute Gasteiger partial charge is 0.505 e. The van der Waals surface area contributed by atoms with E-state index in [9.17, 15) is 14.2 Å². The Morgan fingerprint density at radius 3 is 2.81 bits per heavy atom. The average molecular weight is 312 g/mol. The first kappa shape index (κ1) is 17.4. The van der Waals surface area contributed by atoms with Crippen molar-refractivity contribution in [2.24, 2.45) is 0 Å². The van der Waals surface area contributed by atoms with Gasteiger partial charge in [0.15, 0.2) is 6.16 Å². The topological polar surface area (TPSA) is 102 Å². The molecule has 1 aliphatic rings. The minimum atomic E-state index is -2.41. The summed E-state index contributed by atoms with van der Waals surface area (Å²) >= 11 is 0. The van der Waals surface area contributed by atoms with Crippen LogP contribution in [0.4, 0.5) is 4.79 Å². The molecule has 0 aliphatic heterocycles. The number of hydrogen-bond acceptors (Lipinski definition) is 5. The van der Waals surface area contributed by atoms with Crippen LogP contribution in [0.15, 0.2) is 23.8 Å². The van der Waals surface area contributed by atoms with E-state index in [4.69, 9.17) is 17.7 Å².